The first-order valence-electron chi connectivity index (χ1n) is 7.10. The Labute approximate surface area is 123 Å². The molecule has 102 valence electrons. The van der Waals surface area contributed by atoms with E-state index in [4.69, 9.17) is 4.74 Å². The summed E-state index contributed by atoms with van der Waals surface area (Å²) in [6, 6.07) is 17.5. The smallest absolute Gasteiger partial charge is 0.123 e. The van der Waals surface area contributed by atoms with Crippen LogP contribution in [0.4, 0.5) is 0 Å². The summed E-state index contributed by atoms with van der Waals surface area (Å²) in [7, 11) is 0. The Hall–Kier alpha value is -1.45. The number of rotatable bonds is 3. The topological polar surface area (TPSA) is 21.3 Å². The second-order valence-corrected chi connectivity index (χ2v) is 6.42. The molecule has 2 aliphatic rings. The van der Waals surface area contributed by atoms with E-state index in [2.05, 4.69) is 47.8 Å². The highest BCUT2D eigenvalue weighted by molar-refractivity contribution is 7.99. The molecule has 0 aromatic heterocycles. The normalized spacial score (nSPS) is 23.2. The minimum Gasteiger partial charge on any atom is -0.488 e. The zero-order chi connectivity index (χ0) is 13.4. The SMILES string of the molecule is c1ccc2c(c1)CC(CNC1CSc3ccccc31)O2. The van der Waals surface area contributed by atoms with E-state index in [1.165, 1.54) is 16.0 Å². The highest BCUT2D eigenvalue weighted by Crippen LogP contribution is 2.38. The maximum atomic E-state index is 5.99. The first kappa shape index (κ1) is 12.3. The lowest BCUT2D eigenvalue weighted by Crippen LogP contribution is -2.33. The lowest BCUT2D eigenvalue weighted by atomic mass is 10.1. The van der Waals surface area contributed by atoms with Gasteiger partial charge < -0.3 is 10.1 Å². The van der Waals surface area contributed by atoms with E-state index in [-0.39, 0.29) is 6.10 Å². The van der Waals surface area contributed by atoms with Gasteiger partial charge in [0, 0.05) is 29.7 Å². The number of nitrogens with one attached hydrogen (secondary N) is 1. The Morgan fingerprint density at radius 3 is 2.90 bits per heavy atom. The number of benzene rings is 2. The average Bonchev–Trinajstić information content (AvgIpc) is 3.08. The molecule has 0 bridgehead atoms. The summed E-state index contributed by atoms with van der Waals surface area (Å²) in [6.07, 6.45) is 1.29. The quantitative estimate of drug-likeness (QED) is 0.932. The van der Waals surface area contributed by atoms with Gasteiger partial charge in [0.25, 0.3) is 0 Å². The van der Waals surface area contributed by atoms with Crippen LogP contribution in [-0.4, -0.2) is 18.4 Å². The monoisotopic (exact) mass is 283 g/mol. The molecule has 0 saturated carbocycles. The van der Waals surface area contributed by atoms with E-state index in [1.807, 2.05) is 17.8 Å². The maximum absolute atomic E-state index is 5.99. The standard InChI is InChI=1S/C17H17NOS/c1-3-7-16-12(5-1)9-13(19-16)10-18-15-11-20-17-8-4-2-6-14(15)17/h1-8,13,15,18H,9-11H2. The predicted octanol–water partition coefficient (Wildman–Crippen LogP) is 3.43. The summed E-state index contributed by atoms with van der Waals surface area (Å²) < 4.78 is 5.99. The van der Waals surface area contributed by atoms with E-state index in [1.54, 1.807) is 0 Å². The van der Waals surface area contributed by atoms with E-state index in [0.717, 1.165) is 24.5 Å². The maximum Gasteiger partial charge on any atom is 0.123 e. The van der Waals surface area contributed by atoms with Crippen LogP contribution in [0.3, 0.4) is 0 Å². The van der Waals surface area contributed by atoms with Crippen molar-refractivity contribution >= 4 is 11.8 Å². The first-order valence-corrected chi connectivity index (χ1v) is 8.08. The molecular weight excluding hydrogens is 266 g/mol. The summed E-state index contributed by atoms with van der Waals surface area (Å²) in [5.41, 5.74) is 2.77. The molecular formula is C17H17NOS. The van der Waals surface area contributed by atoms with Gasteiger partial charge in [0.1, 0.15) is 11.9 Å². The summed E-state index contributed by atoms with van der Waals surface area (Å²) in [6.45, 7) is 0.911. The molecule has 2 aromatic carbocycles. The summed E-state index contributed by atoms with van der Waals surface area (Å²) in [5, 5.41) is 3.67. The van der Waals surface area contributed by atoms with Crippen molar-refractivity contribution in [2.24, 2.45) is 0 Å². The van der Waals surface area contributed by atoms with Crippen LogP contribution in [0.1, 0.15) is 17.2 Å². The molecule has 2 nitrogen and oxygen atoms in total. The van der Waals surface area contributed by atoms with Crippen LogP contribution in [0.2, 0.25) is 0 Å². The summed E-state index contributed by atoms with van der Waals surface area (Å²) in [4.78, 5) is 1.42. The molecule has 3 heteroatoms. The van der Waals surface area contributed by atoms with Gasteiger partial charge in [0.05, 0.1) is 0 Å². The van der Waals surface area contributed by atoms with Crippen molar-refractivity contribution < 1.29 is 4.74 Å². The third-order valence-corrected chi connectivity index (χ3v) is 5.19. The van der Waals surface area contributed by atoms with Gasteiger partial charge in [-0.05, 0) is 23.3 Å². The molecule has 2 unspecified atom stereocenters. The zero-order valence-corrected chi connectivity index (χ0v) is 12.0. The van der Waals surface area contributed by atoms with Crippen LogP contribution in [0.5, 0.6) is 5.75 Å². The van der Waals surface area contributed by atoms with Crippen molar-refractivity contribution in [3.8, 4) is 5.75 Å². The van der Waals surface area contributed by atoms with E-state index in [9.17, 15) is 0 Å². The third kappa shape index (κ3) is 2.21. The first-order chi connectivity index (χ1) is 9.90. The molecule has 4 rings (SSSR count). The Morgan fingerprint density at radius 2 is 1.95 bits per heavy atom. The molecule has 1 N–H and O–H groups in total. The molecule has 0 radical (unpaired) electrons. The van der Waals surface area contributed by atoms with E-state index >= 15 is 0 Å². The number of fused-ring (bicyclic) bond motifs is 2. The number of para-hydroxylation sites is 1. The molecule has 0 fully saturated rings. The predicted molar refractivity (Wildman–Crippen MR) is 82.5 cm³/mol. The van der Waals surface area contributed by atoms with Gasteiger partial charge in [0.15, 0.2) is 0 Å². The fourth-order valence-electron chi connectivity index (χ4n) is 2.97. The van der Waals surface area contributed by atoms with E-state index < -0.39 is 0 Å². The van der Waals surface area contributed by atoms with Gasteiger partial charge in [-0.3, -0.25) is 0 Å². The molecule has 0 amide bonds. The fourth-order valence-corrected chi connectivity index (χ4v) is 4.17. The van der Waals surface area contributed by atoms with Crippen molar-refractivity contribution in [2.75, 3.05) is 12.3 Å². The highest BCUT2D eigenvalue weighted by atomic mass is 32.2. The number of thioether (sulfide) groups is 1. The fraction of sp³-hybridized carbons (Fsp3) is 0.294. The second kappa shape index (κ2) is 5.15. The van der Waals surface area contributed by atoms with Crippen LogP contribution in [-0.2, 0) is 6.42 Å². The molecule has 2 heterocycles. The van der Waals surface area contributed by atoms with Crippen LogP contribution in [0.15, 0.2) is 53.4 Å². The molecule has 0 aliphatic carbocycles. The van der Waals surface area contributed by atoms with Crippen LogP contribution >= 0.6 is 11.8 Å². The average molecular weight is 283 g/mol. The molecule has 2 aromatic rings. The molecule has 0 saturated heterocycles. The third-order valence-electron chi connectivity index (χ3n) is 4.01. The minimum absolute atomic E-state index is 0.269. The highest BCUT2D eigenvalue weighted by Gasteiger charge is 2.26. The van der Waals surface area contributed by atoms with Crippen molar-refractivity contribution in [1.29, 1.82) is 0 Å². The van der Waals surface area contributed by atoms with Crippen LogP contribution in [0, 0.1) is 0 Å². The lowest BCUT2D eigenvalue weighted by molar-refractivity contribution is 0.223. The molecule has 0 spiro atoms. The van der Waals surface area contributed by atoms with Gasteiger partial charge >= 0.3 is 0 Å². The molecule has 20 heavy (non-hydrogen) atoms. The van der Waals surface area contributed by atoms with Gasteiger partial charge in [-0.1, -0.05) is 36.4 Å². The summed E-state index contributed by atoms with van der Waals surface area (Å²) >= 11 is 1.94. The largest absolute Gasteiger partial charge is 0.488 e. The van der Waals surface area contributed by atoms with Gasteiger partial charge in [0.2, 0.25) is 0 Å². The van der Waals surface area contributed by atoms with Crippen molar-refractivity contribution in [1.82, 2.24) is 5.32 Å². The Balaban J connectivity index is 1.39. The van der Waals surface area contributed by atoms with Gasteiger partial charge in [-0.15, -0.1) is 11.8 Å². The minimum atomic E-state index is 0.269. The van der Waals surface area contributed by atoms with Crippen LogP contribution < -0.4 is 10.1 Å². The van der Waals surface area contributed by atoms with Gasteiger partial charge in [-0.25, -0.2) is 0 Å². The lowest BCUT2D eigenvalue weighted by Gasteiger charge is -2.17. The second-order valence-electron chi connectivity index (χ2n) is 5.36. The number of ether oxygens (including phenoxy) is 1. The van der Waals surface area contributed by atoms with E-state index in [0.29, 0.717) is 6.04 Å². The van der Waals surface area contributed by atoms with Crippen molar-refractivity contribution in [3.05, 3.63) is 59.7 Å². The Bertz CT molecular complexity index is 603. The molecule has 2 atom stereocenters. The van der Waals surface area contributed by atoms with Crippen LogP contribution in [0.25, 0.3) is 0 Å². The number of hydrogen-bond donors (Lipinski definition) is 1. The summed E-state index contributed by atoms with van der Waals surface area (Å²) in [5.74, 6) is 2.18. The Morgan fingerprint density at radius 1 is 1.10 bits per heavy atom. The zero-order valence-electron chi connectivity index (χ0n) is 11.2. The number of hydrogen-bond acceptors (Lipinski definition) is 3. The van der Waals surface area contributed by atoms with Crippen molar-refractivity contribution in [2.45, 2.75) is 23.5 Å². The molecule has 2 aliphatic heterocycles. The Kier molecular flexibility index (Phi) is 3.17. The van der Waals surface area contributed by atoms with Gasteiger partial charge in [-0.2, -0.15) is 0 Å². The van der Waals surface area contributed by atoms with Crippen molar-refractivity contribution in [3.63, 3.8) is 0 Å².